The van der Waals surface area contributed by atoms with Gasteiger partial charge in [0, 0.05) is 38.9 Å². The van der Waals surface area contributed by atoms with Crippen molar-refractivity contribution in [2.45, 2.75) is 31.2 Å². The lowest BCUT2D eigenvalue weighted by Gasteiger charge is -2.27. The van der Waals surface area contributed by atoms with Gasteiger partial charge < -0.3 is 9.32 Å². The third-order valence-corrected chi connectivity index (χ3v) is 10.3. The highest BCUT2D eigenvalue weighted by Gasteiger charge is 2.40. The van der Waals surface area contributed by atoms with Gasteiger partial charge in [-0.05, 0) is 52.1 Å². The number of para-hydroxylation sites is 1. The van der Waals surface area contributed by atoms with Crippen LogP contribution in [0.2, 0.25) is 0 Å². The molecule has 47 heavy (non-hydrogen) atoms. The molecule has 0 radical (unpaired) electrons. The SMILES string of the molecule is CC1(C)c2ccccc2-c2ccc(-c3nc(-c4ccccc4)nc(N4c5cc6c(cc5C5C=CC=CC54)oc4ccccc46)n3)cc21. The van der Waals surface area contributed by atoms with Crippen LogP contribution in [0, 0.1) is 0 Å². The highest BCUT2D eigenvalue weighted by molar-refractivity contribution is 6.07. The number of fused-ring (bicyclic) bond motifs is 9. The van der Waals surface area contributed by atoms with Gasteiger partial charge in [0.05, 0.1) is 6.04 Å². The average Bonchev–Trinajstić information content (AvgIpc) is 3.72. The standard InChI is InChI=1S/C42H30N4O/c1-42(2)33-17-9-6-14-27(33)28-21-20-26(22-34(28)42)40-43-39(25-12-4-3-5-13-25)44-41(45-40)46-35-18-10-7-15-29(35)31-24-38-32(23-36(31)46)30-16-8-11-19-37(30)47-38/h3-24,29,35H,1-2H3. The number of hydrogen-bond acceptors (Lipinski definition) is 5. The molecule has 0 N–H and O–H groups in total. The van der Waals surface area contributed by atoms with Crippen LogP contribution >= 0.6 is 0 Å². The molecule has 0 amide bonds. The normalized spacial score (nSPS) is 18.4. The first-order valence-corrected chi connectivity index (χ1v) is 16.2. The molecule has 0 saturated heterocycles. The van der Waals surface area contributed by atoms with Crippen LogP contribution in [-0.2, 0) is 5.41 Å². The van der Waals surface area contributed by atoms with E-state index >= 15 is 0 Å². The molecular weight excluding hydrogens is 576 g/mol. The van der Waals surface area contributed by atoms with E-state index in [0.29, 0.717) is 17.6 Å². The molecule has 5 heteroatoms. The maximum atomic E-state index is 6.33. The number of furan rings is 1. The molecule has 10 rings (SSSR count). The third kappa shape index (κ3) is 3.80. The number of benzene rings is 5. The Morgan fingerprint density at radius 3 is 2.26 bits per heavy atom. The van der Waals surface area contributed by atoms with E-state index in [4.69, 9.17) is 19.4 Å². The Bertz CT molecular complexity index is 2470. The van der Waals surface area contributed by atoms with Crippen molar-refractivity contribution in [3.8, 4) is 33.9 Å². The molecule has 0 fully saturated rings. The van der Waals surface area contributed by atoms with Gasteiger partial charge in [-0.3, -0.25) is 0 Å². The number of rotatable bonds is 3. The van der Waals surface area contributed by atoms with Gasteiger partial charge in [0.25, 0.3) is 0 Å². The quantitative estimate of drug-likeness (QED) is 0.200. The first-order valence-electron chi connectivity index (χ1n) is 16.2. The second-order valence-electron chi connectivity index (χ2n) is 13.2. The first kappa shape index (κ1) is 26.4. The summed E-state index contributed by atoms with van der Waals surface area (Å²) in [7, 11) is 0. The van der Waals surface area contributed by atoms with E-state index in [1.54, 1.807) is 0 Å². The topological polar surface area (TPSA) is 55.1 Å². The van der Waals surface area contributed by atoms with Crippen molar-refractivity contribution in [2.75, 3.05) is 4.90 Å². The van der Waals surface area contributed by atoms with Crippen molar-refractivity contribution in [2.24, 2.45) is 0 Å². The molecule has 2 atom stereocenters. The number of hydrogen-bond donors (Lipinski definition) is 0. The molecule has 5 aromatic carbocycles. The van der Waals surface area contributed by atoms with E-state index in [0.717, 1.165) is 38.8 Å². The van der Waals surface area contributed by atoms with Crippen LogP contribution in [-0.4, -0.2) is 21.0 Å². The van der Waals surface area contributed by atoms with Crippen molar-refractivity contribution < 1.29 is 4.42 Å². The Kier molecular flexibility index (Phi) is 5.39. The number of anilines is 2. The van der Waals surface area contributed by atoms with Gasteiger partial charge in [-0.1, -0.05) is 123 Å². The number of nitrogens with zero attached hydrogens (tertiary/aromatic N) is 4. The Balaban J connectivity index is 1.19. The molecule has 2 aromatic heterocycles. The zero-order valence-electron chi connectivity index (χ0n) is 26.1. The smallest absolute Gasteiger partial charge is 0.234 e. The summed E-state index contributed by atoms with van der Waals surface area (Å²) >= 11 is 0. The summed E-state index contributed by atoms with van der Waals surface area (Å²) in [6.45, 7) is 4.61. The second kappa shape index (κ2) is 9.60. The monoisotopic (exact) mass is 606 g/mol. The Morgan fingerprint density at radius 2 is 1.36 bits per heavy atom. The van der Waals surface area contributed by atoms with Crippen LogP contribution in [0.4, 0.5) is 11.6 Å². The number of aromatic nitrogens is 3. The highest BCUT2D eigenvalue weighted by Crippen LogP contribution is 2.51. The van der Waals surface area contributed by atoms with Gasteiger partial charge >= 0.3 is 0 Å². The molecule has 224 valence electrons. The summed E-state index contributed by atoms with van der Waals surface area (Å²) in [5.41, 5.74) is 11.1. The van der Waals surface area contributed by atoms with Gasteiger partial charge in [0.15, 0.2) is 11.6 Å². The maximum Gasteiger partial charge on any atom is 0.234 e. The fourth-order valence-electron chi connectivity index (χ4n) is 7.94. The van der Waals surface area contributed by atoms with Crippen molar-refractivity contribution in [3.05, 3.63) is 150 Å². The zero-order valence-corrected chi connectivity index (χ0v) is 26.1. The van der Waals surface area contributed by atoms with E-state index in [1.165, 1.54) is 27.8 Å². The molecule has 0 bridgehead atoms. The van der Waals surface area contributed by atoms with E-state index in [1.807, 2.05) is 30.3 Å². The number of allylic oxidation sites excluding steroid dienone is 2. The Labute approximate surface area is 272 Å². The lowest BCUT2D eigenvalue weighted by Crippen LogP contribution is -2.30. The summed E-state index contributed by atoms with van der Waals surface area (Å²) in [5.74, 6) is 2.10. The van der Waals surface area contributed by atoms with Gasteiger partial charge in [-0.25, -0.2) is 4.98 Å². The highest BCUT2D eigenvalue weighted by atomic mass is 16.3. The summed E-state index contributed by atoms with van der Waals surface area (Å²) in [4.78, 5) is 17.9. The largest absolute Gasteiger partial charge is 0.456 e. The molecule has 0 saturated carbocycles. The lowest BCUT2D eigenvalue weighted by atomic mass is 9.82. The third-order valence-electron chi connectivity index (χ3n) is 10.3. The fraction of sp³-hybridized carbons (Fsp3) is 0.119. The minimum atomic E-state index is -0.126. The molecule has 5 nitrogen and oxygen atoms in total. The molecule has 2 aliphatic carbocycles. The minimum absolute atomic E-state index is 0.0279. The molecule has 3 aliphatic rings. The van der Waals surface area contributed by atoms with Crippen LogP contribution in [0.25, 0.3) is 55.8 Å². The van der Waals surface area contributed by atoms with Crippen LogP contribution in [0.1, 0.15) is 36.5 Å². The van der Waals surface area contributed by atoms with Crippen LogP contribution in [0.3, 0.4) is 0 Å². The van der Waals surface area contributed by atoms with E-state index in [9.17, 15) is 0 Å². The second-order valence-corrected chi connectivity index (χ2v) is 13.2. The molecule has 2 unspecified atom stereocenters. The van der Waals surface area contributed by atoms with Crippen molar-refractivity contribution in [1.82, 2.24) is 15.0 Å². The predicted octanol–water partition coefficient (Wildman–Crippen LogP) is 10.1. The van der Waals surface area contributed by atoms with E-state index in [-0.39, 0.29) is 17.4 Å². The summed E-state index contributed by atoms with van der Waals surface area (Å²) < 4.78 is 6.33. The fourth-order valence-corrected chi connectivity index (χ4v) is 7.94. The Morgan fingerprint density at radius 1 is 0.617 bits per heavy atom. The van der Waals surface area contributed by atoms with Gasteiger partial charge in [-0.15, -0.1) is 0 Å². The van der Waals surface area contributed by atoms with Crippen molar-refractivity contribution in [1.29, 1.82) is 0 Å². The van der Waals surface area contributed by atoms with Crippen molar-refractivity contribution >= 4 is 33.6 Å². The van der Waals surface area contributed by atoms with Gasteiger partial charge in [0.1, 0.15) is 11.2 Å². The van der Waals surface area contributed by atoms with E-state index in [2.05, 4.69) is 122 Å². The Hall–Kier alpha value is -5.81. The lowest BCUT2D eigenvalue weighted by molar-refractivity contribution is 0.660. The van der Waals surface area contributed by atoms with Crippen LogP contribution in [0.15, 0.2) is 138 Å². The maximum absolute atomic E-state index is 6.33. The summed E-state index contributed by atoms with van der Waals surface area (Å²) in [6, 6.07) is 38.4. The molecule has 7 aromatic rings. The minimum Gasteiger partial charge on any atom is -0.456 e. The molecular formula is C42H30N4O. The summed E-state index contributed by atoms with van der Waals surface area (Å²) in [5, 5.41) is 2.20. The van der Waals surface area contributed by atoms with Crippen LogP contribution < -0.4 is 4.90 Å². The molecule has 1 aliphatic heterocycles. The zero-order chi connectivity index (χ0) is 31.3. The van der Waals surface area contributed by atoms with Gasteiger partial charge in [-0.2, -0.15) is 9.97 Å². The molecule has 0 spiro atoms. The first-order chi connectivity index (χ1) is 23.0. The average molecular weight is 607 g/mol. The van der Waals surface area contributed by atoms with Crippen LogP contribution in [0.5, 0.6) is 0 Å². The predicted molar refractivity (Wildman–Crippen MR) is 189 cm³/mol. The summed E-state index contributed by atoms with van der Waals surface area (Å²) in [6.07, 6.45) is 8.79. The molecule has 3 heterocycles. The van der Waals surface area contributed by atoms with Crippen molar-refractivity contribution in [3.63, 3.8) is 0 Å². The van der Waals surface area contributed by atoms with Gasteiger partial charge in [0.2, 0.25) is 5.95 Å². The van der Waals surface area contributed by atoms with E-state index < -0.39 is 0 Å².